The molecule has 0 aliphatic rings. The minimum absolute atomic E-state index is 0. The van der Waals surface area contributed by atoms with Crippen LogP contribution in [-0.4, -0.2) is 72.9 Å². The first-order chi connectivity index (χ1) is 41.8. The summed E-state index contributed by atoms with van der Waals surface area (Å²) in [6.07, 6.45) is 4.29. The summed E-state index contributed by atoms with van der Waals surface area (Å²) in [5.41, 5.74) is 14.6. The fourth-order valence-corrected chi connectivity index (χ4v) is 10.3. The van der Waals surface area contributed by atoms with Gasteiger partial charge in [-0.05, 0) is 125 Å². The third-order valence-corrected chi connectivity index (χ3v) is 15.6. The molecule has 6 heterocycles. The molecule has 6 aromatic carbocycles. The van der Waals surface area contributed by atoms with Gasteiger partial charge in [0.05, 0.1) is 64.6 Å². The molecule has 0 N–H and O–H groups in total. The maximum absolute atomic E-state index is 5.56. The number of aryl methyl sites for hydroxylation is 2. The number of hydrogen-bond donors (Lipinski definition) is 0. The molecule has 90 heavy (non-hydrogen) atoms. The summed E-state index contributed by atoms with van der Waals surface area (Å²) in [7, 11) is 3.27. The predicted molar refractivity (Wildman–Crippen MR) is 342 cm³/mol. The number of para-hydroxylation sites is 6. The molecule has 0 spiro atoms. The van der Waals surface area contributed by atoms with E-state index in [1.54, 1.807) is 23.6 Å². The van der Waals surface area contributed by atoms with Gasteiger partial charge in [0.2, 0.25) is 11.8 Å². The second-order valence-corrected chi connectivity index (χ2v) is 23.6. The Bertz CT molecular complexity index is 3920. The summed E-state index contributed by atoms with van der Waals surface area (Å²) in [5.74, 6) is 1.97. The molecule has 0 saturated carbocycles. The van der Waals surface area contributed by atoms with Crippen molar-refractivity contribution >= 4 is 0 Å². The van der Waals surface area contributed by atoms with E-state index >= 15 is 0 Å². The smallest absolute Gasteiger partial charge is 0.481 e. The van der Waals surface area contributed by atoms with Gasteiger partial charge in [0.1, 0.15) is 0 Å². The van der Waals surface area contributed by atoms with Gasteiger partial charge in [-0.2, -0.15) is 176 Å². The number of methoxy groups -OCH3 is 2. The maximum atomic E-state index is 5.56. The van der Waals surface area contributed by atoms with E-state index < -0.39 is 5.41 Å². The van der Waals surface area contributed by atoms with E-state index in [4.69, 9.17) is 40.1 Å². The molecule has 12 aromatic rings. The Morgan fingerprint density at radius 1 is 0.356 bits per heavy atom. The van der Waals surface area contributed by atoms with Gasteiger partial charge < -0.3 is 9.47 Å². The van der Waals surface area contributed by atoms with Crippen LogP contribution >= 0.6 is 0 Å². The van der Waals surface area contributed by atoms with Crippen LogP contribution in [0.2, 0.25) is 0 Å². The topological polar surface area (TPSA) is 125 Å². The Hall–Kier alpha value is -7.76. The normalized spacial score (nSPS) is 11.4. The van der Waals surface area contributed by atoms with Crippen molar-refractivity contribution in [2.75, 3.05) is 14.2 Å². The van der Waals surface area contributed by atoms with Gasteiger partial charge >= 0.3 is 63.2 Å². The van der Waals surface area contributed by atoms with Crippen LogP contribution in [0.1, 0.15) is 138 Å². The Labute approximate surface area is 573 Å². The van der Waals surface area contributed by atoms with Gasteiger partial charge in [0.25, 0.3) is 0 Å². The number of ether oxygens (including phenoxy) is 2. The summed E-state index contributed by atoms with van der Waals surface area (Å²) in [6.45, 7) is 25.9. The molecule has 0 atom stereocenters. The van der Waals surface area contributed by atoms with Gasteiger partial charge in [0, 0.05) is 35.9 Å². The summed E-state index contributed by atoms with van der Waals surface area (Å²) in [6, 6.07) is 74.5. The monoisotopic (exact) mass is 1740 g/mol. The molecule has 0 saturated heterocycles. The molecule has 0 unspecified atom stereocenters. The molecule has 0 fully saturated rings. The average molecular weight is 1740 g/mol. The molecule has 6 aromatic heterocycles. The van der Waals surface area contributed by atoms with Crippen molar-refractivity contribution in [1.82, 2.24) is 58.7 Å². The van der Waals surface area contributed by atoms with Crippen LogP contribution in [0.3, 0.4) is 0 Å². The Balaban J connectivity index is 0.000000189. The number of benzene rings is 6. The van der Waals surface area contributed by atoms with Crippen LogP contribution in [-0.2, 0) is 79.4 Å². The number of rotatable bonds is 16. The fourth-order valence-electron chi connectivity index (χ4n) is 10.3. The van der Waals surface area contributed by atoms with Crippen molar-refractivity contribution in [1.29, 1.82) is 0 Å². The molecule has 0 aliphatic heterocycles. The van der Waals surface area contributed by atoms with Gasteiger partial charge in [-0.25, -0.2) is 9.36 Å². The number of aromatic nitrogens is 12. The van der Waals surface area contributed by atoms with Crippen LogP contribution in [0.4, 0.5) is 0 Å². The summed E-state index contributed by atoms with van der Waals surface area (Å²) < 4.78 is 22.4. The van der Waals surface area contributed by atoms with Crippen molar-refractivity contribution in [2.24, 2.45) is 0 Å². The zero-order valence-electron chi connectivity index (χ0n) is 53.1. The first kappa shape index (κ1) is 69.7. The molecule has 0 amide bonds. The molecule has 14 nitrogen and oxygen atoms in total. The molecule has 12 rings (SSSR count). The van der Waals surface area contributed by atoms with Gasteiger partial charge in [-0.15, -0.1) is 36.4 Å². The van der Waals surface area contributed by atoms with E-state index in [0.29, 0.717) is 23.6 Å². The van der Waals surface area contributed by atoms with E-state index in [1.165, 1.54) is 11.1 Å². The van der Waals surface area contributed by atoms with Crippen LogP contribution in [0, 0.1) is 50.2 Å². The number of nitrogens with zero attached hydrogens (tertiary/aromatic N) is 12. The molecule has 0 aliphatic carbocycles. The van der Waals surface area contributed by atoms with Crippen molar-refractivity contribution in [3.8, 4) is 45.9 Å². The van der Waals surface area contributed by atoms with Crippen LogP contribution in [0.5, 0.6) is 11.8 Å². The first-order valence-corrected chi connectivity index (χ1v) is 29.3. The Morgan fingerprint density at radius 3 is 0.889 bits per heavy atom. The molecule has 17 heteroatoms. The van der Waals surface area contributed by atoms with E-state index in [2.05, 4.69) is 144 Å². The summed E-state index contributed by atoms with van der Waals surface area (Å²) in [4.78, 5) is 0. The van der Waals surface area contributed by atoms with E-state index in [9.17, 15) is 0 Å². The minimum atomic E-state index is -0.485. The van der Waals surface area contributed by atoms with E-state index in [0.717, 1.165) is 79.7 Å². The van der Waals surface area contributed by atoms with Crippen molar-refractivity contribution in [3.05, 3.63) is 275 Å². The van der Waals surface area contributed by atoms with Gasteiger partial charge in [-0.3, -0.25) is 18.7 Å². The summed E-state index contributed by atoms with van der Waals surface area (Å²) >= 11 is 0. The molecule has 0 bridgehead atoms. The second kappa shape index (κ2) is 29.9. The SMILES string of the molecule is CC(C)c1cn(-c2[c-]cccc2)nc1C(C)(C)c1nn(-c2[c-]cccc2)cc1C(C)C.COc1cc(C(C)(C)c2cc(OC)n(-c3[c-]cccc3)n2)nn1-c1[c-]cccc1.Cc1cc(C(C)(C)c2cc(C)n(-c3[c-]cccc3)n2)nn1-c1[c-]cccc1.[Pt+2].[Pt+2].[Pt+2]. The van der Waals surface area contributed by atoms with Crippen LogP contribution < -0.4 is 9.47 Å². The zero-order chi connectivity index (χ0) is 61.6. The number of hydrogen-bond acceptors (Lipinski definition) is 8. The van der Waals surface area contributed by atoms with Crippen molar-refractivity contribution < 1.29 is 72.7 Å². The molecular weight excluding hydrogens is 1660 g/mol. The maximum Gasteiger partial charge on any atom is 2.00 e. The Morgan fingerprint density at radius 2 is 0.622 bits per heavy atom. The van der Waals surface area contributed by atoms with E-state index in [1.807, 2.05) is 176 Å². The summed E-state index contributed by atoms with van der Waals surface area (Å²) in [5, 5.41) is 29.5. The molecule has 468 valence electrons. The third-order valence-electron chi connectivity index (χ3n) is 15.6. The fraction of sp³-hybridized carbons (Fsp3) is 0.260. The van der Waals surface area contributed by atoms with Crippen molar-refractivity contribution in [3.63, 3.8) is 0 Å². The second-order valence-electron chi connectivity index (χ2n) is 23.6. The largest absolute Gasteiger partial charge is 2.00 e. The van der Waals surface area contributed by atoms with E-state index in [-0.39, 0.29) is 74.0 Å². The van der Waals surface area contributed by atoms with Crippen LogP contribution in [0.15, 0.2) is 182 Å². The molecular formula is C73H74N12O2Pt3. The standard InChI is InChI=1S/C27H30N4.C23H22N4O2.C23H22N4.3Pt/c1-19(2)23-17-30(21-13-9-7-10-14-21)28-25(23)27(5,6)26-24(20(3)4)18-31(29-26)22-15-11-8-12-16-22;1-23(2,19-15-21(28-3)26(24-19)17-11-7-5-8-12-17)20-16-22(29-4)27(25-20)18-13-9-6-10-14-18;1-17-15-21(24-26(17)19-11-7-5-8-12-19)23(3,4)22-16-18(2)27(25-22)20-13-9-6-10-14-20;;;/h7-13,15,17-20H,1-6H3;5-11,13,15-16H,1-4H3;5-11,13,15-16H,1-4H3;;;/q3*-2;3*+2. The Kier molecular flexibility index (Phi) is 23.2. The third kappa shape index (κ3) is 14.8. The quantitative estimate of drug-likeness (QED) is 0.0876. The van der Waals surface area contributed by atoms with Gasteiger partial charge in [-0.1, -0.05) is 27.7 Å². The van der Waals surface area contributed by atoms with Crippen molar-refractivity contribution in [2.45, 2.75) is 111 Å². The minimum Gasteiger partial charge on any atom is -0.481 e. The zero-order valence-corrected chi connectivity index (χ0v) is 59.9. The first-order valence-electron chi connectivity index (χ1n) is 29.3. The average Bonchev–Trinajstić information content (AvgIpc) is 1.64. The molecule has 0 radical (unpaired) electrons. The van der Waals surface area contributed by atoms with Crippen LogP contribution in [0.25, 0.3) is 34.1 Å². The van der Waals surface area contributed by atoms with Gasteiger partial charge in [0.15, 0.2) is 0 Å². The predicted octanol–water partition coefficient (Wildman–Crippen LogP) is 14.8.